The summed E-state index contributed by atoms with van der Waals surface area (Å²) in [5.41, 5.74) is 16.8. The summed E-state index contributed by atoms with van der Waals surface area (Å²) >= 11 is 2.48. The molecule has 0 spiro atoms. The Balaban J connectivity index is 1.00. The molecule has 75 heavy (non-hydrogen) atoms. The maximum atomic E-state index is 8.85. The first-order valence-corrected chi connectivity index (χ1v) is 27.2. The number of fused-ring (bicyclic) bond motifs is 5. The van der Waals surface area contributed by atoms with Crippen LogP contribution in [-0.2, 0) is 42.0 Å². The van der Waals surface area contributed by atoms with Gasteiger partial charge in [-0.05, 0) is 64.8 Å². The molecule has 0 bridgehead atoms. The molecule has 12 rings (SSSR count). The van der Waals surface area contributed by atoms with Gasteiger partial charge in [-0.3, -0.25) is 0 Å². The van der Waals surface area contributed by atoms with Crippen molar-refractivity contribution in [2.45, 2.75) is 97.7 Å². The molecule has 3 aromatic heterocycles. The summed E-state index contributed by atoms with van der Waals surface area (Å²) in [5, 5.41) is 2.05. The van der Waals surface area contributed by atoms with Crippen LogP contribution in [0.4, 0.5) is 0 Å². The number of benzene rings is 8. The van der Waals surface area contributed by atoms with Gasteiger partial charge in [-0.2, -0.15) is 0 Å². The van der Waals surface area contributed by atoms with Crippen molar-refractivity contribution in [2.75, 3.05) is 0 Å². The Kier molecular flexibility index (Phi) is 11.1. The molecule has 3 heterocycles. The minimum absolute atomic E-state index is 0.0321. The van der Waals surface area contributed by atoms with Gasteiger partial charge in [0.25, 0.3) is 0 Å². The molecule has 5 nitrogen and oxygen atoms in total. The fraction of sp³-hybridized carbons (Fsp3) is 0.217. The van der Waals surface area contributed by atoms with Gasteiger partial charge in [0.05, 0.1) is 0 Å². The third-order valence-corrected chi connectivity index (χ3v) is 16.3. The smallest absolute Gasteiger partial charge is 0.0579 e. The molecule has 0 amide bonds. The topological polar surface area (TPSA) is 36.9 Å². The van der Waals surface area contributed by atoms with Gasteiger partial charge < -0.3 is 0 Å². The molecule has 11 aromatic rings. The molecule has 0 unspecified atom stereocenters. The van der Waals surface area contributed by atoms with Crippen molar-refractivity contribution in [3.63, 3.8) is 0 Å². The summed E-state index contributed by atoms with van der Waals surface area (Å²) < 4.78 is 41.1. The first kappa shape index (κ1) is 45.1. The Hall–Kier alpha value is -7.33. The van der Waals surface area contributed by atoms with Crippen LogP contribution < -0.4 is 4.74 Å². The van der Waals surface area contributed by atoms with E-state index in [1.165, 1.54) is 22.3 Å². The molecule has 0 radical (unpaired) electrons. The van der Waals surface area contributed by atoms with Gasteiger partial charge in [0.15, 0.2) is 0 Å². The number of rotatable bonds is 8. The maximum absolute atomic E-state index is 8.85. The third-order valence-electron chi connectivity index (χ3n) is 15.3. The molecule has 0 N–H and O–H groups in total. The van der Waals surface area contributed by atoms with Crippen LogP contribution in [0.1, 0.15) is 100 Å². The van der Waals surface area contributed by atoms with Gasteiger partial charge in [0, 0.05) is 15.9 Å². The zero-order chi connectivity index (χ0) is 54.5. The zero-order valence-electron chi connectivity index (χ0n) is 46.9. The van der Waals surface area contributed by atoms with Crippen molar-refractivity contribution in [1.29, 1.82) is 0 Å². The van der Waals surface area contributed by atoms with Crippen LogP contribution in [0.25, 0.3) is 83.4 Å². The van der Waals surface area contributed by atoms with Gasteiger partial charge in [0.1, 0.15) is 0 Å². The number of aromatic nitrogens is 4. The van der Waals surface area contributed by atoms with Crippen LogP contribution in [0.2, 0.25) is 0 Å². The first-order chi connectivity index (χ1) is 37.2. The molecule has 0 atom stereocenters. The molecule has 376 valence electrons. The number of nitrogens with zero attached hydrogens (tertiary/aromatic N) is 4. The van der Waals surface area contributed by atoms with Crippen molar-refractivity contribution in [3.8, 4) is 62.1 Å². The van der Waals surface area contributed by atoms with E-state index < -0.39 is 6.85 Å². The SMILES string of the molecule is [2H]C([2H])([2H])c1cc(-n2c3[c-]c(Oc4[c-]c(-n5[c](=[Pt])n(-c6c(-c7ccccc7)cc(C(C)(C)C)cc6-c6ccccc6)c6ccccc65)ccc4)ccc3c3cc4c(cc32)C(C)(C)CCC4)ncc1-c1ccc(C(C)(C)C)cc1. The van der Waals surface area contributed by atoms with Crippen LogP contribution in [0.5, 0.6) is 11.5 Å². The third kappa shape index (κ3) is 8.73. The van der Waals surface area contributed by atoms with Crippen LogP contribution in [-0.4, -0.2) is 18.7 Å². The van der Waals surface area contributed by atoms with E-state index in [9.17, 15) is 0 Å². The molecule has 8 aromatic carbocycles. The second-order valence-electron chi connectivity index (χ2n) is 22.9. The van der Waals surface area contributed by atoms with Gasteiger partial charge in [-0.15, -0.1) is 0 Å². The van der Waals surface area contributed by atoms with E-state index in [-0.39, 0.29) is 21.8 Å². The quantitative estimate of drug-likeness (QED) is 0.142. The number of imidazole rings is 1. The van der Waals surface area contributed by atoms with Gasteiger partial charge in [-0.1, -0.05) is 58.9 Å². The molecule has 0 fully saturated rings. The Bertz CT molecular complexity index is 4130. The normalized spacial score (nSPS) is 14.5. The van der Waals surface area contributed by atoms with Crippen molar-refractivity contribution >= 4 is 32.8 Å². The minimum Gasteiger partial charge on any atom is -0.0579 e. The Morgan fingerprint density at radius 1 is 0.587 bits per heavy atom. The summed E-state index contributed by atoms with van der Waals surface area (Å²) in [4.78, 5) is 5.11. The van der Waals surface area contributed by atoms with Crippen molar-refractivity contribution in [2.24, 2.45) is 0 Å². The van der Waals surface area contributed by atoms with Gasteiger partial charge >= 0.3 is 320 Å². The van der Waals surface area contributed by atoms with Crippen molar-refractivity contribution in [1.82, 2.24) is 18.7 Å². The summed E-state index contributed by atoms with van der Waals surface area (Å²) in [7, 11) is 0. The summed E-state index contributed by atoms with van der Waals surface area (Å²) in [6.07, 6.45) is 4.94. The number of hydrogen-bond acceptors (Lipinski definition) is 2. The van der Waals surface area contributed by atoms with Gasteiger partial charge in [-0.25, -0.2) is 0 Å². The van der Waals surface area contributed by atoms with E-state index in [4.69, 9.17) is 13.8 Å². The monoisotopic (exact) mass is 1160 g/mol. The Labute approximate surface area is 456 Å². The summed E-state index contributed by atoms with van der Waals surface area (Å²) in [6, 6.07) is 66.8. The zero-order valence-corrected chi connectivity index (χ0v) is 46.2. The second kappa shape index (κ2) is 18.5. The van der Waals surface area contributed by atoms with Crippen molar-refractivity contribution in [3.05, 3.63) is 220 Å². The summed E-state index contributed by atoms with van der Waals surface area (Å²) in [6.45, 7) is 15.6. The molecular formula is C69H62N4OPt-2. The number of aryl methyl sites for hydroxylation is 2. The van der Waals surface area contributed by atoms with E-state index in [1.807, 2.05) is 30.3 Å². The van der Waals surface area contributed by atoms with E-state index in [1.54, 1.807) is 12.3 Å². The van der Waals surface area contributed by atoms with Crippen LogP contribution in [0.15, 0.2) is 176 Å². The van der Waals surface area contributed by atoms with Gasteiger partial charge in [0.2, 0.25) is 0 Å². The van der Waals surface area contributed by atoms with E-state index in [0.717, 1.165) is 95.1 Å². The Morgan fingerprint density at radius 2 is 1.21 bits per heavy atom. The Morgan fingerprint density at radius 3 is 1.87 bits per heavy atom. The van der Waals surface area contributed by atoms with E-state index in [0.29, 0.717) is 22.9 Å². The van der Waals surface area contributed by atoms with E-state index in [2.05, 4.69) is 234 Å². The molecular weight excluding hydrogens is 1100 g/mol. The molecule has 6 heteroatoms. The predicted molar refractivity (Wildman–Crippen MR) is 307 cm³/mol. The summed E-state index contributed by atoms with van der Waals surface area (Å²) in [5.74, 6) is 1.53. The van der Waals surface area contributed by atoms with Crippen LogP contribution >= 0.6 is 0 Å². The molecule has 0 aliphatic heterocycles. The van der Waals surface area contributed by atoms with E-state index >= 15 is 0 Å². The standard InChI is InChI=1S/C69H62N4O.Pt/c1-45-36-65(70-43-59(45)48-29-31-50(32-30-48)67(2,3)4)73-63-41-54(33-34-55(63)58-37-49-24-19-35-69(8,9)60(49)42-64(58)73)74-53-26-18-25-52(40-53)71-44-72(62-28-17-16-27-61(62)71)66-56(46-20-12-10-13-21-46)38-51(68(5,6)7)39-57(66)47-22-14-11-15-23-47;/h10-18,20-23,25-34,36-39,42-43H,19,24,35H2,1-9H3;/q-2;/i1D3;. The minimum atomic E-state index is -2.41. The van der Waals surface area contributed by atoms with Crippen LogP contribution in [0, 0.1) is 22.8 Å². The molecule has 1 aliphatic carbocycles. The number of para-hydroxylation sites is 2. The number of pyridine rings is 1. The average molecular weight is 1160 g/mol. The molecule has 1 aliphatic rings. The average Bonchev–Trinajstić information content (AvgIpc) is 4.13. The second-order valence-corrected chi connectivity index (χ2v) is 23.9. The van der Waals surface area contributed by atoms with Crippen molar-refractivity contribution < 1.29 is 28.2 Å². The first-order valence-electron chi connectivity index (χ1n) is 27.6. The predicted octanol–water partition coefficient (Wildman–Crippen LogP) is 17.9. The van der Waals surface area contributed by atoms with Crippen LogP contribution in [0.3, 0.4) is 0 Å². The fourth-order valence-electron chi connectivity index (χ4n) is 11.2. The number of hydrogen-bond donors (Lipinski definition) is 0. The molecule has 0 saturated heterocycles. The fourth-order valence-corrected chi connectivity index (χ4v) is 12.3. The number of ether oxygens (including phenoxy) is 1. The molecule has 0 saturated carbocycles.